The Kier molecular flexibility index (Phi) is 7.87. The number of ketones is 1. The summed E-state index contributed by atoms with van der Waals surface area (Å²) >= 11 is 1.32. The monoisotopic (exact) mass is 482 g/mol. The molecular formula is C25H30N4O4S. The highest BCUT2D eigenvalue weighted by Crippen LogP contribution is 2.44. The van der Waals surface area contributed by atoms with Crippen LogP contribution in [-0.2, 0) is 14.3 Å². The van der Waals surface area contributed by atoms with Gasteiger partial charge in [0, 0.05) is 11.7 Å². The first-order valence-electron chi connectivity index (χ1n) is 11.5. The average Bonchev–Trinajstić information content (AvgIpc) is 3.46. The van der Waals surface area contributed by atoms with E-state index in [1.54, 1.807) is 0 Å². The molecule has 0 saturated carbocycles. The lowest BCUT2D eigenvalue weighted by Crippen LogP contribution is -2.50. The molecule has 2 aromatic rings. The molecule has 1 saturated heterocycles. The lowest BCUT2D eigenvalue weighted by molar-refractivity contribution is -0.122. The number of nitrogens with one attached hydrogen (secondary N) is 2. The molecular weight excluding hydrogens is 452 g/mol. The molecule has 0 bridgehead atoms. The van der Waals surface area contributed by atoms with Crippen LogP contribution in [0.25, 0.3) is 11.1 Å². The SMILES string of the molecule is NCCCCC(NC(=O)OCC1c2ccccc2-c2ccccc21)C(=O)C1NC(C(N)=O)CS1. The normalized spacial score (nSPS) is 19.8. The van der Waals surface area contributed by atoms with Crippen molar-refractivity contribution in [3.8, 4) is 11.1 Å². The summed E-state index contributed by atoms with van der Waals surface area (Å²) < 4.78 is 5.62. The summed E-state index contributed by atoms with van der Waals surface area (Å²) in [6.07, 6.45) is 1.24. The summed E-state index contributed by atoms with van der Waals surface area (Å²) in [6.45, 7) is 0.676. The molecule has 2 aromatic carbocycles. The smallest absolute Gasteiger partial charge is 0.407 e. The number of primary amides is 1. The molecule has 1 fully saturated rings. The van der Waals surface area contributed by atoms with Crippen molar-refractivity contribution in [1.82, 2.24) is 10.6 Å². The molecule has 6 N–H and O–H groups in total. The van der Waals surface area contributed by atoms with E-state index in [1.165, 1.54) is 11.8 Å². The minimum Gasteiger partial charge on any atom is -0.449 e. The number of fused-ring (bicyclic) bond motifs is 3. The van der Waals surface area contributed by atoms with E-state index in [9.17, 15) is 14.4 Å². The summed E-state index contributed by atoms with van der Waals surface area (Å²) in [5.74, 6) is -0.328. The lowest BCUT2D eigenvalue weighted by Gasteiger charge is -2.22. The van der Waals surface area contributed by atoms with Crippen molar-refractivity contribution in [2.75, 3.05) is 18.9 Å². The second-order valence-electron chi connectivity index (χ2n) is 8.54. The van der Waals surface area contributed by atoms with Crippen LogP contribution in [0.4, 0.5) is 4.79 Å². The molecule has 180 valence electrons. The van der Waals surface area contributed by atoms with Crippen LogP contribution in [0.15, 0.2) is 48.5 Å². The van der Waals surface area contributed by atoms with Gasteiger partial charge in [-0.15, -0.1) is 11.8 Å². The maximum Gasteiger partial charge on any atom is 0.407 e. The zero-order valence-electron chi connectivity index (χ0n) is 18.9. The predicted octanol–water partition coefficient (Wildman–Crippen LogP) is 2.11. The van der Waals surface area contributed by atoms with Crippen LogP contribution in [0.5, 0.6) is 0 Å². The van der Waals surface area contributed by atoms with Gasteiger partial charge >= 0.3 is 6.09 Å². The number of rotatable bonds is 10. The summed E-state index contributed by atoms with van der Waals surface area (Å²) in [6, 6.07) is 14.9. The Morgan fingerprint density at radius 3 is 2.29 bits per heavy atom. The van der Waals surface area contributed by atoms with Crippen molar-refractivity contribution in [1.29, 1.82) is 0 Å². The molecule has 0 radical (unpaired) electrons. The van der Waals surface area contributed by atoms with Crippen molar-refractivity contribution < 1.29 is 19.1 Å². The van der Waals surface area contributed by atoms with E-state index >= 15 is 0 Å². The van der Waals surface area contributed by atoms with Crippen molar-refractivity contribution in [2.24, 2.45) is 11.5 Å². The van der Waals surface area contributed by atoms with Crippen LogP contribution < -0.4 is 22.1 Å². The van der Waals surface area contributed by atoms with E-state index < -0.39 is 29.5 Å². The molecule has 3 unspecified atom stereocenters. The highest BCUT2D eigenvalue weighted by Gasteiger charge is 2.37. The number of carbonyl (C=O) groups excluding carboxylic acids is 3. The van der Waals surface area contributed by atoms with E-state index in [2.05, 4.69) is 34.9 Å². The van der Waals surface area contributed by atoms with Gasteiger partial charge in [0.05, 0.1) is 12.1 Å². The van der Waals surface area contributed by atoms with E-state index in [1.807, 2.05) is 24.3 Å². The van der Waals surface area contributed by atoms with Crippen molar-refractivity contribution in [2.45, 2.75) is 42.6 Å². The Balaban J connectivity index is 1.40. The molecule has 8 nitrogen and oxygen atoms in total. The van der Waals surface area contributed by atoms with Crippen LogP contribution in [0.1, 0.15) is 36.3 Å². The van der Waals surface area contributed by atoms with Gasteiger partial charge in [-0.25, -0.2) is 4.79 Å². The largest absolute Gasteiger partial charge is 0.449 e. The first kappa shape index (κ1) is 24.3. The van der Waals surface area contributed by atoms with E-state index in [0.29, 0.717) is 25.1 Å². The standard InChI is InChI=1S/C25H30N4O4S/c26-12-6-5-11-20(22(30)24-28-21(14-34-24)23(27)31)29-25(32)33-13-19-17-9-3-1-7-15(17)16-8-2-4-10-18(16)19/h1-4,7-10,19-21,24,28H,5-6,11-14,26H2,(H2,27,31)(H,29,32). The molecule has 4 rings (SSSR count). The summed E-state index contributed by atoms with van der Waals surface area (Å²) in [4.78, 5) is 37.3. The molecule has 3 atom stereocenters. The molecule has 2 aliphatic rings. The fraction of sp³-hybridized carbons (Fsp3) is 0.400. The Morgan fingerprint density at radius 1 is 1.06 bits per heavy atom. The quantitative estimate of drug-likeness (QED) is 0.381. The number of carbonyl (C=O) groups is 3. The molecule has 0 spiro atoms. The highest BCUT2D eigenvalue weighted by atomic mass is 32.2. The van der Waals surface area contributed by atoms with Crippen molar-refractivity contribution in [3.05, 3.63) is 59.7 Å². The van der Waals surface area contributed by atoms with Gasteiger partial charge in [-0.1, -0.05) is 48.5 Å². The second kappa shape index (κ2) is 11.0. The Labute approximate surface area is 203 Å². The molecule has 1 aliphatic heterocycles. The zero-order valence-corrected chi connectivity index (χ0v) is 19.7. The van der Waals surface area contributed by atoms with Crippen LogP contribution in [0.2, 0.25) is 0 Å². The van der Waals surface area contributed by atoms with Crippen LogP contribution in [-0.4, -0.2) is 54.1 Å². The van der Waals surface area contributed by atoms with E-state index in [4.69, 9.17) is 16.2 Å². The number of benzene rings is 2. The van der Waals surface area contributed by atoms with Crippen molar-refractivity contribution >= 4 is 29.5 Å². The number of amides is 2. The molecule has 1 heterocycles. The van der Waals surface area contributed by atoms with Crippen LogP contribution in [0, 0.1) is 0 Å². The van der Waals surface area contributed by atoms with Gasteiger partial charge in [0.1, 0.15) is 12.0 Å². The minimum atomic E-state index is -0.737. The number of Topliss-reactive ketones (excluding diaryl/α,β-unsaturated/α-hetero) is 1. The van der Waals surface area contributed by atoms with Gasteiger partial charge in [0.25, 0.3) is 0 Å². The Morgan fingerprint density at radius 2 is 1.71 bits per heavy atom. The van der Waals surface area contributed by atoms with Gasteiger partial charge < -0.3 is 21.5 Å². The number of hydrogen-bond donors (Lipinski definition) is 4. The highest BCUT2D eigenvalue weighted by molar-refractivity contribution is 8.00. The summed E-state index contributed by atoms with van der Waals surface area (Å²) in [5.41, 5.74) is 15.5. The maximum absolute atomic E-state index is 13.1. The van der Waals surface area contributed by atoms with Gasteiger partial charge in [0.2, 0.25) is 5.91 Å². The maximum atomic E-state index is 13.1. The van der Waals surface area contributed by atoms with Crippen LogP contribution in [0.3, 0.4) is 0 Å². The first-order valence-corrected chi connectivity index (χ1v) is 12.6. The lowest BCUT2D eigenvalue weighted by atomic mass is 9.98. The fourth-order valence-electron chi connectivity index (χ4n) is 4.54. The molecule has 0 aromatic heterocycles. The fourth-order valence-corrected chi connectivity index (χ4v) is 5.78. The topological polar surface area (TPSA) is 137 Å². The van der Waals surface area contributed by atoms with Gasteiger partial charge in [-0.3, -0.25) is 14.9 Å². The number of unbranched alkanes of at least 4 members (excludes halogenated alkanes) is 1. The summed E-state index contributed by atoms with van der Waals surface area (Å²) in [7, 11) is 0. The molecule has 1 aliphatic carbocycles. The number of thioether (sulfide) groups is 1. The predicted molar refractivity (Wildman–Crippen MR) is 132 cm³/mol. The number of alkyl carbamates (subject to hydrolysis) is 1. The van der Waals surface area contributed by atoms with E-state index in [-0.39, 0.29) is 18.3 Å². The van der Waals surface area contributed by atoms with Crippen molar-refractivity contribution in [3.63, 3.8) is 0 Å². The Hall–Kier alpha value is -2.88. The molecule has 2 amide bonds. The van der Waals surface area contributed by atoms with Crippen LogP contribution >= 0.6 is 11.8 Å². The molecule has 34 heavy (non-hydrogen) atoms. The second-order valence-corrected chi connectivity index (χ2v) is 9.68. The van der Waals surface area contributed by atoms with Gasteiger partial charge in [0.15, 0.2) is 5.78 Å². The third-order valence-electron chi connectivity index (χ3n) is 6.31. The first-order chi connectivity index (χ1) is 16.5. The number of nitrogens with two attached hydrogens (primary N) is 2. The average molecular weight is 483 g/mol. The third-order valence-corrected chi connectivity index (χ3v) is 7.54. The summed E-state index contributed by atoms with van der Waals surface area (Å²) in [5, 5.41) is 5.10. The number of hydrogen-bond acceptors (Lipinski definition) is 7. The third kappa shape index (κ3) is 5.27. The zero-order chi connectivity index (χ0) is 24.1. The molecule has 9 heteroatoms. The number of ether oxygens (including phenoxy) is 1. The minimum absolute atomic E-state index is 0.0621. The Bertz CT molecular complexity index is 1020. The van der Waals surface area contributed by atoms with Gasteiger partial charge in [-0.05, 0) is 48.1 Å². The van der Waals surface area contributed by atoms with E-state index in [0.717, 1.165) is 28.7 Å². The van der Waals surface area contributed by atoms with Gasteiger partial charge in [-0.2, -0.15) is 0 Å².